The summed E-state index contributed by atoms with van der Waals surface area (Å²) in [7, 11) is -4.04. The number of hydrogen-bond donors (Lipinski definition) is 1. The van der Waals surface area contributed by atoms with Gasteiger partial charge >= 0.3 is 0 Å². The highest BCUT2D eigenvalue weighted by Crippen LogP contribution is 2.44. The largest absolute Gasteiger partial charge is 0.494 e. The topological polar surface area (TPSA) is 75.7 Å². The second-order valence-electron chi connectivity index (χ2n) is 8.24. The molecule has 0 unspecified atom stereocenters. The Hall–Kier alpha value is -2.61. The van der Waals surface area contributed by atoms with E-state index in [0.717, 1.165) is 23.6 Å². The molecule has 2 aliphatic rings. The number of carbonyl (C=O) groups excluding carboxylic acids is 1. The maximum absolute atomic E-state index is 13.4. The molecule has 2 saturated carbocycles. The van der Waals surface area contributed by atoms with Gasteiger partial charge in [-0.2, -0.15) is 0 Å². The van der Waals surface area contributed by atoms with E-state index in [1.54, 1.807) is 12.1 Å². The van der Waals surface area contributed by atoms with Gasteiger partial charge in [0.05, 0.1) is 17.2 Å². The van der Waals surface area contributed by atoms with E-state index < -0.39 is 15.8 Å². The first-order valence-corrected chi connectivity index (χ1v) is 12.1. The smallest absolute Gasteiger partial charge is 0.264 e. The van der Waals surface area contributed by atoms with E-state index >= 15 is 0 Å². The molecule has 6 nitrogen and oxygen atoms in total. The number of anilines is 1. The summed E-state index contributed by atoms with van der Waals surface area (Å²) in [4.78, 5) is 12.9. The molecule has 0 heterocycles. The number of carbonyl (C=O) groups is 1. The van der Waals surface area contributed by atoms with Gasteiger partial charge in [0.15, 0.2) is 0 Å². The molecule has 2 aromatic carbocycles. The van der Waals surface area contributed by atoms with Gasteiger partial charge in [-0.1, -0.05) is 6.42 Å². The molecule has 2 aromatic rings. The Kier molecular flexibility index (Phi) is 6.18. The van der Waals surface area contributed by atoms with Crippen molar-refractivity contribution in [2.24, 2.45) is 11.8 Å². The lowest BCUT2D eigenvalue weighted by Crippen LogP contribution is -2.46. The van der Waals surface area contributed by atoms with Crippen LogP contribution in [-0.4, -0.2) is 33.5 Å². The van der Waals surface area contributed by atoms with Crippen LogP contribution in [0.1, 0.15) is 32.6 Å². The van der Waals surface area contributed by atoms with Crippen molar-refractivity contribution < 1.29 is 22.3 Å². The minimum Gasteiger partial charge on any atom is -0.494 e. The fraction of sp³-hybridized carbons (Fsp3) is 0.435. The number of rotatable bonds is 8. The van der Waals surface area contributed by atoms with Crippen LogP contribution in [0.5, 0.6) is 5.75 Å². The molecule has 0 aromatic heterocycles. The maximum Gasteiger partial charge on any atom is 0.264 e. The Labute approximate surface area is 182 Å². The Bertz CT molecular complexity index is 1020. The minimum atomic E-state index is -4.04. The third-order valence-electron chi connectivity index (χ3n) is 6.21. The Morgan fingerprint density at radius 1 is 1.10 bits per heavy atom. The predicted octanol–water partition coefficient (Wildman–Crippen LogP) is 3.72. The monoisotopic (exact) mass is 446 g/mol. The molecule has 2 fully saturated rings. The molecule has 8 heteroatoms. The molecule has 0 aliphatic heterocycles. The van der Waals surface area contributed by atoms with E-state index in [0.29, 0.717) is 24.2 Å². The van der Waals surface area contributed by atoms with Gasteiger partial charge in [-0.15, -0.1) is 0 Å². The van der Waals surface area contributed by atoms with Crippen LogP contribution < -0.4 is 14.4 Å². The highest BCUT2D eigenvalue weighted by molar-refractivity contribution is 7.92. The standard InChI is InChI=1S/C23H27FN2O4S/c1-2-30-20-9-11-21(12-10-20)31(28,29)26(19-7-5-18(24)6-8-19)15-23(27)25-22-14-16-3-4-17(22)13-16/h5-12,16-17,22H,2-4,13-15H2,1H3,(H,25,27)/t16-,17-,22-/m0/s1. The zero-order valence-corrected chi connectivity index (χ0v) is 18.3. The van der Waals surface area contributed by atoms with Crippen LogP contribution in [0.15, 0.2) is 53.4 Å². The predicted molar refractivity (Wildman–Crippen MR) is 116 cm³/mol. The summed E-state index contributed by atoms with van der Waals surface area (Å²) in [5, 5.41) is 3.03. The molecule has 2 bridgehead atoms. The van der Waals surface area contributed by atoms with Gasteiger partial charge in [0.25, 0.3) is 10.0 Å². The lowest BCUT2D eigenvalue weighted by molar-refractivity contribution is -0.120. The van der Waals surface area contributed by atoms with Gasteiger partial charge in [0.2, 0.25) is 5.91 Å². The van der Waals surface area contributed by atoms with E-state index in [2.05, 4.69) is 5.32 Å². The molecule has 4 rings (SSSR count). The molecule has 0 spiro atoms. The van der Waals surface area contributed by atoms with E-state index in [1.807, 2.05) is 6.92 Å². The molecule has 0 saturated heterocycles. The van der Waals surface area contributed by atoms with Crippen molar-refractivity contribution in [2.75, 3.05) is 17.5 Å². The number of amides is 1. The fourth-order valence-electron chi connectivity index (χ4n) is 4.73. The summed E-state index contributed by atoms with van der Waals surface area (Å²) in [6, 6.07) is 11.3. The van der Waals surface area contributed by atoms with Crippen molar-refractivity contribution in [3.63, 3.8) is 0 Å². The zero-order valence-electron chi connectivity index (χ0n) is 17.5. The normalized spacial score (nSPS) is 22.3. The SMILES string of the molecule is CCOc1ccc(S(=O)(=O)N(CC(=O)N[C@H]2C[C@H]3CC[C@H]2C3)c2ccc(F)cc2)cc1. The molecule has 3 atom stereocenters. The number of nitrogens with zero attached hydrogens (tertiary/aromatic N) is 1. The third kappa shape index (κ3) is 4.69. The maximum atomic E-state index is 13.4. The summed E-state index contributed by atoms with van der Waals surface area (Å²) in [5.41, 5.74) is 0.235. The van der Waals surface area contributed by atoms with Gasteiger partial charge < -0.3 is 10.1 Å². The van der Waals surface area contributed by atoms with Crippen LogP contribution in [0, 0.1) is 17.7 Å². The Balaban J connectivity index is 1.57. The van der Waals surface area contributed by atoms with Crippen LogP contribution >= 0.6 is 0 Å². The fourth-order valence-corrected chi connectivity index (χ4v) is 6.15. The van der Waals surface area contributed by atoms with Crippen molar-refractivity contribution in [1.29, 1.82) is 0 Å². The lowest BCUT2D eigenvalue weighted by atomic mass is 9.95. The van der Waals surface area contributed by atoms with E-state index in [-0.39, 0.29) is 29.1 Å². The lowest BCUT2D eigenvalue weighted by Gasteiger charge is -2.27. The molecular formula is C23H27FN2O4S. The first-order valence-electron chi connectivity index (χ1n) is 10.7. The van der Waals surface area contributed by atoms with Crippen LogP contribution in [0.4, 0.5) is 10.1 Å². The zero-order chi connectivity index (χ0) is 22.0. The number of sulfonamides is 1. The summed E-state index contributed by atoms with van der Waals surface area (Å²) in [6.07, 6.45) is 4.42. The van der Waals surface area contributed by atoms with E-state index in [4.69, 9.17) is 4.74 Å². The van der Waals surface area contributed by atoms with Crippen molar-refractivity contribution in [2.45, 2.75) is 43.5 Å². The second-order valence-corrected chi connectivity index (χ2v) is 10.1. The van der Waals surface area contributed by atoms with Gasteiger partial charge in [-0.25, -0.2) is 12.8 Å². The molecule has 0 radical (unpaired) electrons. The first kappa shape index (κ1) is 21.6. The van der Waals surface area contributed by atoms with Crippen molar-refractivity contribution in [1.82, 2.24) is 5.32 Å². The highest BCUT2D eigenvalue weighted by Gasteiger charge is 2.40. The minimum absolute atomic E-state index is 0.0352. The average Bonchev–Trinajstić information content (AvgIpc) is 3.37. The van der Waals surface area contributed by atoms with Crippen molar-refractivity contribution in [3.8, 4) is 5.75 Å². The molecule has 1 amide bonds. The van der Waals surface area contributed by atoms with E-state index in [9.17, 15) is 17.6 Å². The number of fused-ring (bicyclic) bond motifs is 2. The molecule has 166 valence electrons. The molecular weight excluding hydrogens is 419 g/mol. The number of benzene rings is 2. The van der Waals surface area contributed by atoms with Gasteiger partial charge in [-0.05, 0) is 86.6 Å². The van der Waals surface area contributed by atoms with Crippen molar-refractivity contribution in [3.05, 3.63) is 54.3 Å². The molecule has 2 aliphatic carbocycles. The number of ether oxygens (including phenoxy) is 1. The summed E-state index contributed by atoms with van der Waals surface area (Å²) in [6.45, 7) is 1.95. The average molecular weight is 447 g/mol. The summed E-state index contributed by atoms with van der Waals surface area (Å²) < 4.78 is 46.7. The van der Waals surface area contributed by atoms with E-state index in [1.165, 1.54) is 42.8 Å². The van der Waals surface area contributed by atoms with Crippen LogP contribution in [0.2, 0.25) is 0 Å². The van der Waals surface area contributed by atoms with Crippen LogP contribution in [0.25, 0.3) is 0 Å². The quantitative estimate of drug-likeness (QED) is 0.671. The van der Waals surface area contributed by atoms with Gasteiger partial charge in [0, 0.05) is 6.04 Å². The van der Waals surface area contributed by atoms with Crippen LogP contribution in [0.3, 0.4) is 0 Å². The molecule has 1 N–H and O–H groups in total. The van der Waals surface area contributed by atoms with Gasteiger partial charge in [0.1, 0.15) is 18.1 Å². The highest BCUT2D eigenvalue weighted by atomic mass is 32.2. The summed E-state index contributed by atoms with van der Waals surface area (Å²) in [5.74, 6) is 0.876. The number of halogens is 1. The van der Waals surface area contributed by atoms with Gasteiger partial charge in [-0.3, -0.25) is 9.10 Å². The number of hydrogen-bond acceptors (Lipinski definition) is 4. The summed E-state index contributed by atoms with van der Waals surface area (Å²) >= 11 is 0. The van der Waals surface area contributed by atoms with Crippen LogP contribution in [-0.2, 0) is 14.8 Å². The van der Waals surface area contributed by atoms with Crippen molar-refractivity contribution >= 4 is 21.6 Å². The molecule has 31 heavy (non-hydrogen) atoms. The first-order chi connectivity index (χ1) is 14.9. The Morgan fingerprint density at radius 3 is 2.39 bits per heavy atom. The third-order valence-corrected chi connectivity index (χ3v) is 8.00. The second kappa shape index (κ2) is 8.86. The number of nitrogens with one attached hydrogen (secondary N) is 1. The Morgan fingerprint density at radius 2 is 1.81 bits per heavy atom.